The van der Waals surface area contributed by atoms with Crippen LogP contribution in [0.25, 0.3) is 39.0 Å². The van der Waals surface area contributed by atoms with Gasteiger partial charge in [-0.15, -0.1) is 0 Å². The maximum absolute atomic E-state index is 12.7. The Morgan fingerprint density at radius 1 is 1.03 bits per heavy atom. The molecule has 6 aromatic rings. The van der Waals surface area contributed by atoms with E-state index in [1.54, 1.807) is 30.3 Å². The number of benzene rings is 3. The van der Waals surface area contributed by atoms with Crippen molar-refractivity contribution in [1.29, 1.82) is 0 Å². The molecule has 0 spiro atoms. The molecule has 8 nitrogen and oxygen atoms in total. The van der Waals surface area contributed by atoms with Gasteiger partial charge in [-0.1, -0.05) is 40.2 Å². The lowest BCUT2D eigenvalue weighted by Crippen LogP contribution is -2.13. The van der Waals surface area contributed by atoms with Crippen molar-refractivity contribution in [3.05, 3.63) is 93.4 Å². The molecule has 2 N–H and O–H groups in total. The first-order valence-electron chi connectivity index (χ1n) is 10.0. The molecule has 0 aliphatic heterocycles. The molecule has 6 rings (SSSR count). The van der Waals surface area contributed by atoms with Gasteiger partial charge >= 0.3 is 5.69 Å². The Hall–Kier alpha value is -4.24. The zero-order chi connectivity index (χ0) is 22.5. The van der Waals surface area contributed by atoms with Crippen LogP contribution in [0.3, 0.4) is 0 Å². The van der Waals surface area contributed by atoms with Gasteiger partial charge < -0.3 is 9.73 Å². The number of carbonyl (C=O) groups is 1. The lowest BCUT2D eigenvalue weighted by atomic mass is 10.0. The fourth-order valence-electron chi connectivity index (χ4n) is 3.83. The predicted molar refractivity (Wildman–Crippen MR) is 128 cm³/mol. The van der Waals surface area contributed by atoms with Crippen molar-refractivity contribution in [2.24, 2.45) is 0 Å². The van der Waals surface area contributed by atoms with E-state index >= 15 is 0 Å². The number of pyridine rings is 1. The quantitative estimate of drug-likeness (QED) is 0.356. The van der Waals surface area contributed by atoms with Gasteiger partial charge in [0.15, 0.2) is 11.2 Å². The molecule has 3 aromatic carbocycles. The van der Waals surface area contributed by atoms with Crippen LogP contribution in [0.15, 0.2) is 86.6 Å². The number of hydrogen-bond donors (Lipinski definition) is 2. The smallest absolute Gasteiger partial charge is 0.347 e. The summed E-state index contributed by atoms with van der Waals surface area (Å²) in [7, 11) is 0. The molecule has 33 heavy (non-hydrogen) atoms. The van der Waals surface area contributed by atoms with Crippen LogP contribution in [0.2, 0.25) is 0 Å². The fraction of sp³-hybridized carbons (Fsp3) is 0. The van der Waals surface area contributed by atoms with Gasteiger partial charge in [-0.3, -0.25) is 9.20 Å². The second-order valence-corrected chi connectivity index (χ2v) is 8.32. The first kappa shape index (κ1) is 19.4. The molecule has 0 unspecified atom stereocenters. The summed E-state index contributed by atoms with van der Waals surface area (Å²) >= 11 is 3.59. The molecule has 0 bridgehead atoms. The van der Waals surface area contributed by atoms with Crippen molar-refractivity contribution in [3.8, 4) is 11.5 Å². The molecule has 1 amide bonds. The number of hydrogen-bond acceptors (Lipinski definition) is 5. The number of oxazole rings is 1. The van der Waals surface area contributed by atoms with Crippen LogP contribution >= 0.6 is 15.9 Å². The number of aromatic amines is 1. The number of halogens is 1. The molecule has 160 valence electrons. The third-order valence-corrected chi connectivity index (χ3v) is 6.12. The Bertz CT molecular complexity index is 1770. The lowest BCUT2D eigenvalue weighted by Gasteiger charge is -2.05. The highest BCUT2D eigenvalue weighted by molar-refractivity contribution is 9.10. The van der Waals surface area contributed by atoms with E-state index in [0.29, 0.717) is 33.9 Å². The zero-order valence-electron chi connectivity index (χ0n) is 16.9. The fourth-order valence-corrected chi connectivity index (χ4v) is 4.33. The topological polar surface area (TPSA) is 105 Å². The van der Waals surface area contributed by atoms with E-state index in [-0.39, 0.29) is 11.6 Å². The first-order valence-corrected chi connectivity index (χ1v) is 10.8. The minimum atomic E-state index is -0.359. The number of H-pyrrole nitrogens is 1. The van der Waals surface area contributed by atoms with E-state index < -0.39 is 0 Å². The standard InChI is InChI=1S/C24H14BrN5O3/c25-18-6-2-3-15-16(18)4-1-5-17(15)23-27-19-12-14(7-8-20(19)33-23)26-22(31)13-9-10-30-21(11-13)28-29-24(30)32/h1-12H,(H,26,31)(H,29,32). The number of aromatic nitrogens is 4. The molecular weight excluding hydrogens is 486 g/mol. The van der Waals surface area contributed by atoms with Gasteiger partial charge in [0.2, 0.25) is 5.89 Å². The minimum Gasteiger partial charge on any atom is -0.436 e. The van der Waals surface area contributed by atoms with E-state index in [1.165, 1.54) is 10.6 Å². The average molecular weight is 500 g/mol. The molecule has 0 radical (unpaired) electrons. The minimum absolute atomic E-state index is 0.324. The number of amides is 1. The zero-order valence-corrected chi connectivity index (χ0v) is 18.5. The van der Waals surface area contributed by atoms with Crippen molar-refractivity contribution >= 4 is 55.0 Å². The van der Waals surface area contributed by atoms with Crippen molar-refractivity contribution in [3.63, 3.8) is 0 Å². The SMILES string of the molecule is O=C(Nc1ccc2oc(-c3cccc4c(Br)cccc34)nc2c1)c1ccn2c(=O)[nH]nc2c1. The Labute approximate surface area is 194 Å². The summed E-state index contributed by atoms with van der Waals surface area (Å²) < 4.78 is 8.34. The molecular formula is C24H14BrN5O3. The molecule has 0 saturated heterocycles. The van der Waals surface area contributed by atoms with Gasteiger partial charge in [-0.2, -0.15) is 5.10 Å². The van der Waals surface area contributed by atoms with E-state index in [1.807, 2.05) is 36.4 Å². The van der Waals surface area contributed by atoms with Gasteiger partial charge in [-0.25, -0.2) is 14.9 Å². The van der Waals surface area contributed by atoms with Crippen LogP contribution in [-0.4, -0.2) is 25.5 Å². The summed E-state index contributed by atoms with van der Waals surface area (Å²) in [5, 5.41) is 11.2. The van der Waals surface area contributed by atoms with E-state index in [4.69, 9.17) is 4.42 Å². The molecule has 3 aromatic heterocycles. The van der Waals surface area contributed by atoms with Crippen molar-refractivity contribution < 1.29 is 9.21 Å². The molecule has 3 heterocycles. The van der Waals surface area contributed by atoms with Gasteiger partial charge in [0, 0.05) is 27.5 Å². The first-order chi connectivity index (χ1) is 16.1. The second-order valence-electron chi connectivity index (χ2n) is 7.47. The Morgan fingerprint density at radius 3 is 2.79 bits per heavy atom. The molecule has 0 fully saturated rings. The maximum Gasteiger partial charge on any atom is 0.347 e. The van der Waals surface area contributed by atoms with Gasteiger partial charge in [0.1, 0.15) is 5.52 Å². The monoisotopic (exact) mass is 499 g/mol. The third-order valence-electron chi connectivity index (χ3n) is 5.43. The second kappa shape index (κ2) is 7.42. The molecule has 0 aliphatic rings. The molecule has 9 heteroatoms. The highest BCUT2D eigenvalue weighted by Crippen LogP contribution is 2.34. The normalized spacial score (nSPS) is 11.4. The van der Waals surface area contributed by atoms with E-state index in [2.05, 4.69) is 36.4 Å². The van der Waals surface area contributed by atoms with Crippen LogP contribution in [-0.2, 0) is 0 Å². The number of carbonyl (C=O) groups excluding carboxylic acids is 1. The summed E-state index contributed by atoms with van der Waals surface area (Å²) in [6, 6.07) is 20.4. The number of nitrogens with one attached hydrogen (secondary N) is 2. The molecule has 0 saturated carbocycles. The van der Waals surface area contributed by atoms with Gasteiger partial charge in [-0.05, 0) is 53.2 Å². The maximum atomic E-state index is 12.7. The Kier molecular flexibility index (Phi) is 4.37. The van der Waals surface area contributed by atoms with Crippen LogP contribution in [0, 0.1) is 0 Å². The number of fused-ring (bicyclic) bond motifs is 3. The number of rotatable bonds is 3. The lowest BCUT2D eigenvalue weighted by molar-refractivity contribution is 0.102. The van der Waals surface area contributed by atoms with Crippen LogP contribution < -0.4 is 11.0 Å². The summed E-state index contributed by atoms with van der Waals surface area (Å²) in [5.41, 5.74) is 3.10. The van der Waals surface area contributed by atoms with Crippen molar-refractivity contribution in [1.82, 2.24) is 19.6 Å². The van der Waals surface area contributed by atoms with Crippen LogP contribution in [0.4, 0.5) is 5.69 Å². The number of anilines is 1. The summed E-state index contributed by atoms with van der Waals surface area (Å²) in [6.45, 7) is 0. The van der Waals surface area contributed by atoms with E-state index in [9.17, 15) is 9.59 Å². The van der Waals surface area contributed by atoms with Crippen LogP contribution in [0.5, 0.6) is 0 Å². The highest BCUT2D eigenvalue weighted by Gasteiger charge is 2.14. The predicted octanol–water partition coefficient (Wildman–Crippen LogP) is 5.00. The molecule has 0 atom stereocenters. The van der Waals surface area contributed by atoms with Crippen LogP contribution in [0.1, 0.15) is 10.4 Å². The van der Waals surface area contributed by atoms with E-state index in [0.717, 1.165) is 20.8 Å². The largest absolute Gasteiger partial charge is 0.436 e. The Morgan fingerprint density at radius 2 is 1.88 bits per heavy atom. The summed E-state index contributed by atoms with van der Waals surface area (Å²) in [4.78, 5) is 29.0. The molecule has 0 aliphatic carbocycles. The summed E-state index contributed by atoms with van der Waals surface area (Å²) in [6.07, 6.45) is 1.51. The van der Waals surface area contributed by atoms with Crippen molar-refractivity contribution in [2.75, 3.05) is 5.32 Å². The van der Waals surface area contributed by atoms with Gasteiger partial charge in [0.25, 0.3) is 5.91 Å². The average Bonchev–Trinajstić information content (AvgIpc) is 3.42. The Balaban J connectivity index is 1.34. The highest BCUT2D eigenvalue weighted by atomic mass is 79.9. The van der Waals surface area contributed by atoms with Crippen molar-refractivity contribution in [2.45, 2.75) is 0 Å². The third kappa shape index (κ3) is 3.30. The van der Waals surface area contributed by atoms with Gasteiger partial charge in [0.05, 0.1) is 0 Å². The number of nitrogens with zero attached hydrogens (tertiary/aromatic N) is 3. The summed E-state index contributed by atoms with van der Waals surface area (Å²) in [5.74, 6) is 0.182.